The third-order valence-electron chi connectivity index (χ3n) is 5.84. The van der Waals surface area contributed by atoms with Crippen LogP contribution in [0.2, 0.25) is 0 Å². The summed E-state index contributed by atoms with van der Waals surface area (Å²) >= 11 is 1.65. The van der Waals surface area contributed by atoms with Crippen LogP contribution >= 0.6 is 19.3 Å². The largest absolute Gasteiger partial charge is 0.397 e. The molecule has 1 fully saturated rings. The smallest absolute Gasteiger partial charge is 0.257 e. The number of anilines is 3. The Bertz CT molecular complexity index is 1220. The molecule has 1 aliphatic rings. The summed E-state index contributed by atoms with van der Waals surface area (Å²) in [5.74, 6) is 0.712. The van der Waals surface area contributed by atoms with E-state index in [-0.39, 0.29) is 13.8 Å². The Labute approximate surface area is 199 Å². The van der Waals surface area contributed by atoms with Crippen LogP contribution in [-0.2, 0) is 0 Å². The maximum absolute atomic E-state index is 12.8. The minimum Gasteiger partial charge on any atom is -0.397 e. The van der Waals surface area contributed by atoms with Gasteiger partial charge in [-0.3, -0.25) is 4.79 Å². The summed E-state index contributed by atoms with van der Waals surface area (Å²) in [6, 6.07) is 24.4. The van der Waals surface area contributed by atoms with Crippen molar-refractivity contribution in [2.45, 2.75) is 0 Å². The molecule has 1 amide bonds. The molecule has 0 atom stereocenters. The second-order valence-corrected chi connectivity index (χ2v) is 11.4. The number of nitrogens with one attached hydrogen (secondary N) is 1. The Hall–Kier alpha value is -3.21. The van der Waals surface area contributed by atoms with Crippen LogP contribution in [0.1, 0.15) is 10.4 Å². The Morgan fingerprint density at radius 1 is 1.00 bits per heavy atom. The maximum Gasteiger partial charge on any atom is 0.257 e. The van der Waals surface area contributed by atoms with E-state index in [1.54, 1.807) is 17.5 Å². The number of rotatable bonds is 5. The highest BCUT2D eigenvalue weighted by Crippen LogP contribution is 2.37. The molecule has 0 saturated carbocycles. The van der Waals surface area contributed by atoms with Crippen molar-refractivity contribution in [3.63, 3.8) is 0 Å². The van der Waals surface area contributed by atoms with E-state index < -0.39 is 0 Å². The highest BCUT2D eigenvalue weighted by atomic mass is 32.1. The first-order valence-corrected chi connectivity index (χ1v) is 13.5. The Kier molecular flexibility index (Phi) is 6.38. The fourth-order valence-corrected chi connectivity index (χ4v) is 7.02. The first kappa shape index (κ1) is 21.6. The number of hydrogen-bond acceptors (Lipinski definition) is 5. The minimum absolute atomic E-state index is 0.0931. The van der Waals surface area contributed by atoms with Gasteiger partial charge in [0.1, 0.15) is 5.82 Å². The molecule has 3 heterocycles. The van der Waals surface area contributed by atoms with Crippen LogP contribution in [0.15, 0.2) is 84.4 Å². The number of benzene rings is 2. The summed E-state index contributed by atoms with van der Waals surface area (Å²) < 4.78 is 0. The predicted molar refractivity (Wildman–Crippen MR) is 141 cm³/mol. The molecule has 0 spiro atoms. The quantitative estimate of drug-likeness (QED) is 0.307. The van der Waals surface area contributed by atoms with Gasteiger partial charge in [-0.1, -0.05) is 50.4 Å². The number of nitrogens with zero attached hydrogens (tertiary/aromatic N) is 2. The van der Waals surface area contributed by atoms with Crippen LogP contribution in [0.4, 0.5) is 17.2 Å². The van der Waals surface area contributed by atoms with Gasteiger partial charge in [0.15, 0.2) is 0 Å². The summed E-state index contributed by atoms with van der Waals surface area (Å²) in [6.07, 6.45) is 3.99. The molecule has 1 saturated heterocycles. The molecule has 3 N–H and O–H groups in total. The van der Waals surface area contributed by atoms with Crippen LogP contribution in [0, 0.1) is 0 Å². The first-order valence-electron chi connectivity index (χ1n) is 10.9. The van der Waals surface area contributed by atoms with Crippen molar-refractivity contribution < 1.29 is 4.79 Å². The molecule has 0 unspecified atom stereocenters. The molecule has 4 aromatic rings. The predicted octanol–water partition coefficient (Wildman–Crippen LogP) is 5.27. The van der Waals surface area contributed by atoms with Gasteiger partial charge in [0.05, 0.1) is 16.9 Å². The van der Waals surface area contributed by atoms with Gasteiger partial charge in [0, 0.05) is 24.2 Å². The number of carbonyl (C=O) groups is 1. The highest BCUT2D eigenvalue weighted by molar-refractivity contribution is 7.65. The summed E-state index contributed by atoms with van der Waals surface area (Å²) in [5, 5.41) is 6.45. The number of nitrogen functional groups attached to an aromatic ring is 1. The number of pyridine rings is 1. The molecule has 2 aromatic heterocycles. The monoisotopic (exact) mass is 472 g/mol. The summed E-state index contributed by atoms with van der Waals surface area (Å²) in [4.78, 5) is 20.9. The van der Waals surface area contributed by atoms with E-state index in [1.165, 1.54) is 17.6 Å². The third kappa shape index (κ3) is 4.92. The standard InChI is InChI=1S/C26H25N4OPS/c27-22-10-8-19(24-7-4-16-33-24)17-23(22)29-26(31)20-9-11-25(28-18-20)30-12-14-32(15-13-30)21-5-2-1-3-6-21/h1-11,16-18H,12-15,27H2,(H,29,31). The average Bonchev–Trinajstić information content (AvgIpc) is 3.41. The van der Waals surface area contributed by atoms with Crippen molar-refractivity contribution in [3.05, 3.63) is 89.9 Å². The lowest BCUT2D eigenvalue weighted by Crippen LogP contribution is -2.36. The molecular weight excluding hydrogens is 447 g/mol. The van der Waals surface area contributed by atoms with Gasteiger partial charge in [-0.25, -0.2) is 4.98 Å². The molecule has 33 heavy (non-hydrogen) atoms. The van der Waals surface area contributed by atoms with Crippen LogP contribution in [-0.4, -0.2) is 36.3 Å². The number of aromatic nitrogens is 1. The normalized spacial score (nSPS) is 14.2. The first-order chi connectivity index (χ1) is 16.2. The van der Waals surface area contributed by atoms with Crippen molar-refractivity contribution in [1.29, 1.82) is 0 Å². The lowest BCUT2D eigenvalue weighted by atomic mass is 10.1. The van der Waals surface area contributed by atoms with E-state index in [1.807, 2.05) is 47.8 Å². The Morgan fingerprint density at radius 2 is 1.82 bits per heavy atom. The van der Waals surface area contributed by atoms with Crippen molar-refractivity contribution in [2.24, 2.45) is 0 Å². The van der Waals surface area contributed by atoms with Gasteiger partial charge in [0.25, 0.3) is 5.91 Å². The number of thiophene rings is 1. The van der Waals surface area contributed by atoms with Gasteiger partial charge in [-0.15, -0.1) is 11.3 Å². The lowest BCUT2D eigenvalue weighted by Gasteiger charge is -2.33. The van der Waals surface area contributed by atoms with E-state index in [2.05, 4.69) is 45.5 Å². The molecule has 0 aliphatic carbocycles. The molecule has 0 radical (unpaired) electrons. The third-order valence-corrected chi connectivity index (χ3v) is 9.27. The molecule has 2 aromatic carbocycles. The molecule has 0 bridgehead atoms. The van der Waals surface area contributed by atoms with Gasteiger partial charge in [-0.05, 0) is 58.9 Å². The van der Waals surface area contributed by atoms with Crippen LogP contribution in [0.5, 0.6) is 0 Å². The van der Waals surface area contributed by atoms with E-state index in [9.17, 15) is 4.79 Å². The lowest BCUT2D eigenvalue weighted by molar-refractivity contribution is 0.102. The van der Waals surface area contributed by atoms with Crippen LogP contribution in [0.3, 0.4) is 0 Å². The van der Waals surface area contributed by atoms with Crippen molar-refractivity contribution in [1.82, 2.24) is 4.98 Å². The van der Waals surface area contributed by atoms with E-state index in [0.29, 0.717) is 16.9 Å². The molecule has 1 aliphatic heterocycles. The molecule has 5 nitrogen and oxygen atoms in total. The van der Waals surface area contributed by atoms with Crippen LogP contribution < -0.4 is 21.3 Å². The minimum atomic E-state index is -0.213. The Morgan fingerprint density at radius 3 is 2.52 bits per heavy atom. The number of hydrogen-bond donors (Lipinski definition) is 2. The van der Waals surface area contributed by atoms with Gasteiger partial charge < -0.3 is 16.0 Å². The highest BCUT2D eigenvalue weighted by Gasteiger charge is 2.21. The zero-order valence-corrected chi connectivity index (χ0v) is 19.9. The zero-order chi connectivity index (χ0) is 22.6. The van der Waals surface area contributed by atoms with Crippen molar-refractivity contribution >= 4 is 47.7 Å². The number of amides is 1. The fraction of sp³-hybridized carbons (Fsp3) is 0.154. The second-order valence-electron chi connectivity index (χ2n) is 7.95. The Balaban J connectivity index is 1.23. The van der Waals surface area contributed by atoms with Crippen molar-refractivity contribution in [3.8, 4) is 10.4 Å². The fourth-order valence-electron chi connectivity index (χ4n) is 4.00. The molecule has 5 rings (SSSR count). The summed E-state index contributed by atoms with van der Waals surface area (Å²) in [5.41, 5.74) is 8.81. The van der Waals surface area contributed by atoms with Crippen molar-refractivity contribution in [2.75, 3.05) is 41.4 Å². The average molecular weight is 473 g/mol. The number of carbonyl (C=O) groups excluding carboxylic acids is 1. The topological polar surface area (TPSA) is 71.2 Å². The molecular formula is C26H25N4OPS. The maximum atomic E-state index is 12.8. The SMILES string of the molecule is Nc1ccc(-c2cccs2)cc1NC(=O)c1ccc(N2CCP(c3ccccc3)CC2)nc1. The van der Waals surface area contributed by atoms with Gasteiger partial charge in [0.2, 0.25) is 0 Å². The molecule has 166 valence electrons. The van der Waals surface area contributed by atoms with E-state index in [4.69, 9.17) is 5.73 Å². The van der Waals surface area contributed by atoms with Gasteiger partial charge in [-0.2, -0.15) is 0 Å². The van der Waals surface area contributed by atoms with Crippen LogP contribution in [0.25, 0.3) is 10.4 Å². The summed E-state index contributed by atoms with van der Waals surface area (Å²) in [7, 11) is -0.0931. The second kappa shape index (κ2) is 9.74. The van der Waals surface area contributed by atoms with E-state index in [0.717, 1.165) is 29.3 Å². The zero-order valence-electron chi connectivity index (χ0n) is 18.1. The summed E-state index contributed by atoms with van der Waals surface area (Å²) in [6.45, 7) is 1.98. The van der Waals surface area contributed by atoms with Gasteiger partial charge >= 0.3 is 0 Å². The van der Waals surface area contributed by atoms with E-state index >= 15 is 0 Å². The number of nitrogens with two attached hydrogens (primary N) is 1. The molecule has 7 heteroatoms.